The Labute approximate surface area is 100 Å². The fourth-order valence-electron chi connectivity index (χ4n) is 1.29. The third kappa shape index (κ3) is 3.07. The van der Waals surface area contributed by atoms with E-state index in [2.05, 4.69) is 10.3 Å². The number of nitrogen functional groups attached to an aromatic ring is 1. The van der Waals surface area contributed by atoms with Crippen molar-refractivity contribution in [2.45, 2.75) is 25.8 Å². The van der Waals surface area contributed by atoms with E-state index in [4.69, 9.17) is 11.5 Å². The average molecular weight is 238 g/mol. The smallest absolute Gasteiger partial charge is 0.252 e. The van der Waals surface area contributed by atoms with E-state index in [0.29, 0.717) is 17.9 Å². The summed E-state index contributed by atoms with van der Waals surface area (Å²) in [7, 11) is 0. The van der Waals surface area contributed by atoms with Crippen molar-refractivity contribution in [1.82, 2.24) is 4.98 Å². The highest BCUT2D eigenvalue weighted by Gasteiger charge is 2.23. The SMILES string of the molecule is CCC(C)(CO)Nc1ncc(N)cc1C(N)=O. The number of carbonyl (C=O) groups excluding carboxylic acids is 1. The van der Waals surface area contributed by atoms with Gasteiger partial charge in [0.1, 0.15) is 5.82 Å². The van der Waals surface area contributed by atoms with E-state index in [0.717, 1.165) is 0 Å². The topological polar surface area (TPSA) is 114 Å². The Kier molecular flexibility index (Phi) is 3.90. The Morgan fingerprint density at radius 2 is 2.29 bits per heavy atom. The van der Waals surface area contributed by atoms with E-state index in [9.17, 15) is 9.90 Å². The van der Waals surface area contributed by atoms with Crippen LogP contribution in [-0.2, 0) is 0 Å². The standard InChI is InChI=1S/C11H18N4O2/c1-3-11(2,6-16)15-10-8(9(13)17)4-7(12)5-14-10/h4-5,16H,3,6,12H2,1-2H3,(H2,13,17)(H,14,15). The Bertz CT molecular complexity index is 416. The Hall–Kier alpha value is -1.82. The summed E-state index contributed by atoms with van der Waals surface area (Å²) in [5.41, 5.74) is 10.8. The van der Waals surface area contributed by atoms with Crippen LogP contribution in [0, 0.1) is 0 Å². The summed E-state index contributed by atoms with van der Waals surface area (Å²) < 4.78 is 0. The molecule has 1 aromatic heterocycles. The van der Waals surface area contributed by atoms with Crippen LogP contribution in [0.4, 0.5) is 11.5 Å². The van der Waals surface area contributed by atoms with Gasteiger partial charge in [0.2, 0.25) is 0 Å². The first-order chi connectivity index (χ1) is 7.91. The number of nitrogens with one attached hydrogen (secondary N) is 1. The summed E-state index contributed by atoms with van der Waals surface area (Å²) in [6.45, 7) is 3.67. The number of nitrogens with two attached hydrogens (primary N) is 2. The number of aliphatic hydroxyl groups excluding tert-OH is 1. The van der Waals surface area contributed by atoms with E-state index in [1.807, 2.05) is 13.8 Å². The van der Waals surface area contributed by atoms with E-state index < -0.39 is 11.4 Å². The predicted octanol–water partition coefficient (Wildman–Crippen LogP) is 0.336. The van der Waals surface area contributed by atoms with Crippen LogP contribution >= 0.6 is 0 Å². The molecule has 0 saturated carbocycles. The molecule has 1 amide bonds. The quantitative estimate of drug-likeness (QED) is 0.590. The highest BCUT2D eigenvalue weighted by atomic mass is 16.3. The number of amides is 1. The molecule has 1 aromatic rings. The van der Waals surface area contributed by atoms with Gasteiger partial charge in [0, 0.05) is 0 Å². The van der Waals surface area contributed by atoms with Crippen molar-refractivity contribution < 1.29 is 9.90 Å². The molecule has 6 N–H and O–H groups in total. The largest absolute Gasteiger partial charge is 0.397 e. The number of rotatable bonds is 5. The van der Waals surface area contributed by atoms with Gasteiger partial charge in [-0.1, -0.05) is 6.92 Å². The Balaban J connectivity index is 3.10. The van der Waals surface area contributed by atoms with Gasteiger partial charge in [-0.15, -0.1) is 0 Å². The molecule has 0 radical (unpaired) electrons. The van der Waals surface area contributed by atoms with E-state index >= 15 is 0 Å². The number of pyridine rings is 1. The summed E-state index contributed by atoms with van der Waals surface area (Å²) in [5, 5.41) is 12.3. The predicted molar refractivity (Wildman–Crippen MR) is 66.6 cm³/mol. The maximum atomic E-state index is 11.3. The molecule has 1 rings (SSSR count). The lowest BCUT2D eigenvalue weighted by molar-refractivity contribution is 0.100. The Morgan fingerprint density at radius 1 is 1.65 bits per heavy atom. The highest BCUT2D eigenvalue weighted by Crippen LogP contribution is 2.21. The minimum atomic E-state index is -0.608. The molecule has 1 atom stereocenters. The molecule has 1 heterocycles. The number of carbonyl (C=O) groups is 1. The van der Waals surface area contributed by atoms with Crippen LogP contribution in [0.3, 0.4) is 0 Å². The van der Waals surface area contributed by atoms with Crippen molar-refractivity contribution in [2.24, 2.45) is 5.73 Å². The zero-order valence-corrected chi connectivity index (χ0v) is 10.0. The zero-order chi connectivity index (χ0) is 13.1. The minimum absolute atomic E-state index is 0.0756. The second-order valence-corrected chi connectivity index (χ2v) is 4.23. The van der Waals surface area contributed by atoms with Crippen LogP contribution in [0.15, 0.2) is 12.3 Å². The van der Waals surface area contributed by atoms with Gasteiger partial charge < -0.3 is 21.9 Å². The minimum Gasteiger partial charge on any atom is -0.397 e. The van der Waals surface area contributed by atoms with Crippen molar-refractivity contribution in [3.8, 4) is 0 Å². The van der Waals surface area contributed by atoms with Crippen LogP contribution in [0.25, 0.3) is 0 Å². The molecule has 0 spiro atoms. The maximum absolute atomic E-state index is 11.3. The summed E-state index contributed by atoms with van der Waals surface area (Å²) in [6.07, 6.45) is 2.11. The van der Waals surface area contributed by atoms with Crippen LogP contribution < -0.4 is 16.8 Å². The molecule has 0 aliphatic rings. The Morgan fingerprint density at radius 3 is 2.76 bits per heavy atom. The second-order valence-electron chi connectivity index (χ2n) is 4.23. The number of nitrogens with zero attached hydrogens (tertiary/aromatic N) is 1. The molecule has 1 unspecified atom stereocenters. The summed E-state index contributed by atoms with van der Waals surface area (Å²) >= 11 is 0. The molecule has 94 valence electrons. The van der Waals surface area contributed by atoms with Gasteiger partial charge in [-0.2, -0.15) is 0 Å². The first-order valence-corrected chi connectivity index (χ1v) is 5.36. The van der Waals surface area contributed by atoms with Crippen LogP contribution in [0.1, 0.15) is 30.6 Å². The molecular formula is C11H18N4O2. The molecule has 0 aliphatic carbocycles. The number of hydrogen-bond acceptors (Lipinski definition) is 5. The van der Waals surface area contributed by atoms with Crippen molar-refractivity contribution in [3.05, 3.63) is 17.8 Å². The first kappa shape index (κ1) is 13.2. The lowest BCUT2D eigenvalue weighted by atomic mass is 10.00. The number of aliphatic hydroxyl groups is 1. The number of aromatic nitrogens is 1. The third-order valence-corrected chi connectivity index (χ3v) is 2.72. The summed E-state index contributed by atoms with van der Waals surface area (Å²) in [4.78, 5) is 15.3. The third-order valence-electron chi connectivity index (χ3n) is 2.72. The molecule has 17 heavy (non-hydrogen) atoms. The maximum Gasteiger partial charge on any atom is 0.252 e. The summed E-state index contributed by atoms with van der Waals surface area (Å²) in [6, 6.07) is 1.46. The number of hydrogen-bond donors (Lipinski definition) is 4. The lowest BCUT2D eigenvalue weighted by Crippen LogP contribution is -2.39. The average Bonchev–Trinajstić information content (AvgIpc) is 2.31. The van der Waals surface area contributed by atoms with E-state index in [1.165, 1.54) is 12.3 Å². The van der Waals surface area contributed by atoms with Crippen molar-refractivity contribution in [2.75, 3.05) is 17.7 Å². The van der Waals surface area contributed by atoms with Gasteiger partial charge in [0.25, 0.3) is 5.91 Å². The van der Waals surface area contributed by atoms with Gasteiger partial charge in [-0.25, -0.2) is 4.98 Å². The molecule has 0 aromatic carbocycles. The molecule has 0 bridgehead atoms. The van der Waals surface area contributed by atoms with Gasteiger partial charge in [-0.3, -0.25) is 4.79 Å². The molecule has 0 fully saturated rings. The van der Waals surface area contributed by atoms with Crippen molar-refractivity contribution >= 4 is 17.4 Å². The van der Waals surface area contributed by atoms with E-state index in [1.54, 1.807) is 0 Å². The molecule has 0 saturated heterocycles. The van der Waals surface area contributed by atoms with Gasteiger partial charge in [-0.05, 0) is 19.4 Å². The fraction of sp³-hybridized carbons (Fsp3) is 0.455. The second kappa shape index (κ2) is 5.01. The van der Waals surface area contributed by atoms with E-state index in [-0.39, 0.29) is 12.2 Å². The summed E-state index contributed by atoms with van der Waals surface area (Å²) in [5.74, 6) is -0.270. The monoisotopic (exact) mass is 238 g/mol. The number of anilines is 2. The molecular weight excluding hydrogens is 220 g/mol. The first-order valence-electron chi connectivity index (χ1n) is 5.36. The normalized spacial score (nSPS) is 14.1. The van der Waals surface area contributed by atoms with Crippen molar-refractivity contribution in [3.63, 3.8) is 0 Å². The molecule has 0 aliphatic heterocycles. The lowest BCUT2D eigenvalue weighted by Gasteiger charge is -2.28. The van der Waals surface area contributed by atoms with Crippen LogP contribution in [-0.4, -0.2) is 28.1 Å². The number of primary amides is 1. The van der Waals surface area contributed by atoms with Crippen molar-refractivity contribution in [1.29, 1.82) is 0 Å². The zero-order valence-electron chi connectivity index (χ0n) is 10.0. The fourth-order valence-corrected chi connectivity index (χ4v) is 1.29. The highest BCUT2D eigenvalue weighted by molar-refractivity contribution is 5.98. The van der Waals surface area contributed by atoms with Gasteiger partial charge in [0.15, 0.2) is 0 Å². The van der Waals surface area contributed by atoms with Crippen LogP contribution in [0.2, 0.25) is 0 Å². The van der Waals surface area contributed by atoms with Crippen LogP contribution in [0.5, 0.6) is 0 Å². The molecule has 6 nitrogen and oxygen atoms in total. The molecule has 6 heteroatoms. The van der Waals surface area contributed by atoms with Gasteiger partial charge in [0.05, 0.1) is 29.6 Å². The van der Waals surface area contributed by atoms with Gasteiger partial charge >= 0.3 is 0 Å².